The van der Waals surface area contributed by atoms with Crippen molar-refractivity contribution in [2.75, 3.05) is 0 Å². The summed E-state index contributed by atoms with van der Waals surface area (Å²) in [7, 11) is 0. The molecule has 0 radical (unpaired) electrons. The van der Waals surface area contributed by atoms with E-state index in [-0.39, 0.29) is 11.4 Å². The van der Waals surface area contributed by atoms with Gasteiger partial charge in [0.1, 0.15) is 5.82 Å². The first-order valence-corrected chi connectivity index (χ1v) is 7.12. The van der Waals surface area contributed by atoms with Crippen LogP contribution in [0.2, 0.25) is 0 Å². The number of rotatable bonds is 5. The SMILES string of the molecule is CCCCn1c(-c2ccc(F)cc2)ccc(C(=O)Cl)c1=O. The second-order valence-electron chi connectivity index (χ2n) is 4.72. The maximum absolute atomic E-state index is 13.0. The van der Waals surface area contributed by atoms with Gasteiger partial charge in [0.15, 0.2) is 0 Å². The summed E-state index contributed by atoms with van der Waals surface area (Å²) in [6.07, 6.45) is 1.71. The summed E-state index contributed by atoms with van der Waals surface area (Å²) in [6.45, 7) is 2.50. The topological polar surface area (TPSA) is 39.1 Å². The van der Waals surface area contributed by atoms with Crippen molar-refractivity contribution in [3.8, 4) is 11.3 Å². The van der Waals surface area contributed by atoms with Gasteiger partial charge in [0, 0.05) is 6.54 Å². The van der Waals surface area contributed by atoms with Gasteiger partial charge in [-0.25, -0.2) is 4.39 Å². The Kier molecular flexibility index (Phi) is 4.91. The van der Waals surface area contributed by atoms with Crippen molar-refractivity contribution in [1.29, 1.82) is 0 Å². The molecule has 0 spiro atoms. The number of hydrogen-bond acceptors (Lipinski definition) is 2. The molecule has 3 nitrogen and oxygen atoms in total. The van der Waals surface area contributed by atoms with E-state index in [9.17, 15) is 14.0 Å². The van der Waals surface area contributed by atoms with E-state index in [0.29, 0.717) is 12.2 Å². The summed E-state index contributed by atoms with van der Waals surface area (Å²) < 4.78 is 14.5. The molecule has 2 aromatic rings. The van der Waals surface area contributed by atoms with Crippen molar-refractivity contribution in [2.45, 2.75) is 26.3 Å². The molecular weight excluding hydrogens is 293 g/mol. The standard InChI is InChI=1S/C16H15ClFNO2/c1-2-3-10-19-14(11-4-6-12(18)7-5-11)9-8-13(15(17)20)16(19)21/h4-9H,2-3,10H2,1H3. The van der Waals surface area contributed by atoms with Gasteiger partial charge in [-0.1, -0.05) is 13.3 Å². The number of aromatic nitrogens is 1. The maximum Gasteiger partial charge on any atom is 0.263 e. The average molecular weight is 308 g/mol. The van der Waals surface area contributed by atoms with Crippen LogP contribution in [0.25, 0.3) is 11.3 Å². The first-order valence-electron chi connectivity index (χ1n) is 6.74. The van der Waals surface area contributed by atoms with Crippen molar-refractivity contribution in [2.24, 2.45) is 0 Å². The second kappa shape index (κ2) is 6.68. The highest BCUT2D eigenvalue weighted by atomic mass is 35.5. The number of benzene rings is 1. The van der Waals surface area contributed by atoms with Crippen LogP contribution < -0.4 is 5.56 Å². The Hall–Kier alpha value is -1.94. The Morgan fingerprint density at radius 3 is 2.43 bits per heavy atom. The Labute approximate surface area is 127 Å². The van der Waals surface area contributed by atoms with Gasteiger partial charge in [-0.2, -0.15) is 0 Å². The smallest absolute Gasteiger partial charge is 0.263 e. The minimum Gasteiger partial charge on any atom is -0.308 e. The van der Waals surface area contributed by atoms with Crippen LogP contribution in [0.1, 0.15) is 30.1 Å². The summed E-state index contributed by atoms with van der Waals surface area (Å²) in [4.78, 5) is 23.6. The molecule has 0 bridgehead atoms. The van der Waals surface area contributed by atoms with Gasteiger partial charge in [-0.15, -0.1) is 0 Å². The number of hydrogen-bond donors (Lipinski definition) is 0. The number of halogens is 2. The van der Waals surface area contributed by atoms with E-state index in [1.54, 1.807) is 18.2 Å². The van der Waals surface area contributed by atoms with Crippen LogP contribution in [-0.4, -0.2) is 9.81 Å². The maximum atomic E-state index is 13.0. The van der Waals surface area contributed by atoms with Crippen molar-refractivity contribution in [3.05, 3.63) is 58.1 Å². The summed E-state index contributed by atoms with van der Waals surface area (Å²) in [6, 6.07) is 8.97. The van der Waals surface area contributed by atoms with E-state index in [4.69, 9.17) is 11.6 Å². The fourth-order valence-corrected chi connectivity index (χ4v) is 2.28. The van der Waals surface area contributed by atoms with Crippen molar-refractivity contribution >= 4 is 16.8 Å². The summed E-state index contributed by atoms with van der Waals surface area (Å²) in [5.41, 5.74) is 0.914. The Morgan fingerprint density at radius 2 is 1.86 bits per heavy atom. The molecule has 0 saturated heterocycles. The van der Waals surface area contributed by atoms with Gasteiger partial charge in [0.25, 0.3) is 10.8 Å². The number of carbonyl (C=O) groups is 1. The molecule has 1 heterocycles. The number of unbranched alkanes of at least 4 members (excludes halogenated alkanes) is 1. The summed E-state index contributed by atoms with van der Waals surface area (Å²) in [5.74, 6) is -0.339. The minimum atomic E-state index is -0.768. The zero-order valence-corrected chi connectivity index (χ0v) is 12.4. The normalized spacial score (nSPS) is 10.6. The van der Waals surface area contributed by atoms with Crippen LogP contribution in [0, 0.1) is 5.82 Å². The highest BCUT2D eigenvalue weighted by Gasteiger charge is 2.14. The molecule has 0 unspecified atom stereocenters. The van der Waals surface area contributed by atoms with E-state index in [2.05, 4.69) is 0 Å². The molecule has 0 N–H and O–H groups in total. The molecule has 21 heavy (non-hydrogen) atoms. The van der Waals surface area contributed by atoms with E-state index in [0.717, 1.165) is 18.4 Å². The van der Waals surface area contributed by atoms with Gasteiger partial charge in [0.05, 0.1) is 11.3 Å². The lowest BCUT2D eigenvalue weighted by molar-refractivity contribution is 0.107. The van der Waals surface area contributed by atoms with Crippen LogP contribution in [0.5, 0.6) is 0 Å². The quantitative estimate of drug-likeness (QED) is 0.787. The van der Waals surface area contributed by atoms with Gasteiger partial charge >= 0.3 is 0 Å². The molecule has 1 aromatic carbocycles. The molecule has 0 atom stereocenters. The first kappa shape index (κ1) is 15.4. The molecule has 2 rings (SSSR count). The van der Waals surface area contributed by atoms with Gasteiger partial charge < -0.3 is 4.57 Å². The van der Waals surface area contributed by atoms with Gasteiger partial charge in [-0.05, 0) is 60.0 Å². The zero-order valence-electron chi connectivity index (χ0n) is 11.6. The zero-order chi connectivity index (χ0) is 15.4. The van der Waals surface area contributed by atoms with Crippen LogP contribution in [-0.2, 0) is 6.54 Å². The Bertz CT molecular complexity index is 707. The minimum absolute atomic E-state index is 0.0429. The van der Waals surface area contributed by atoms with Crippen molar-refractivity contribution < 1.29 is 9.18 Å². The highest BCUT2D eigenvalue weighted by Crippen LogP contribution is 2.19. The van der Waals surface area contributed by atoms with E-state index < -0.39 is 10.8 Å². The first-order chi connectivity index (χ1) is 10.0. The monoisotopic (exact) mass is 307 g/mol. The predicted molar refractivity (Wildman–Crippen MR) is 81.2 cm³/mol. The predicted octanol–water partition coefficient (Wildman–Crippen LogP) is 3.83. The van der Waals surface area contributed by atoms with Gasteiger partial charge in [-0.3, -0.25) is 9.59 Å². The third-order valence-corrected chi connectivity index (χ3v) is 3.46. The lowest BCUT2D eigenvalue weighted by atomic mass is 10.1. The molecule has 0 amide bonds. The van der Waals surface area contributed by atoms with E-state index in [1.165, 1.54) is 22.8 Å². The Balaban J connectivity index is 2.59. The molecule has 1 aromatic heterocycles. The third-order valence-electron chi connectivity index (χ3n) is 3.26. The lowest BCUT2D eigenvalue weighted by Gasteiger charge is -2.13. The lowest BCUT2D eigenvalue weighted by Crippen LogP contribution is -2.26. The van der Waals surface area contributed by atoms with E-state index >= 15 is 0 Å². The number of pyridine rings is 1. The summed E-state index contributed by atoms with van der Waals surface area (Å²) >= 11 is 5.43. The van der Waals surface area contributed by atoms with E-state index in [1.807, 2.05) is 6.92 Å². The second-order valence-corrected chi connectivity index (χ2v) is 5.07. The average Bonchev–Trinajstić information content (AvgIpc) is 2.46. The van der Waals surface area contributed by atoms with Crippen LogP contribution >= 0.6 is 11.6 Å². The molecule has 0 aliphatic carbocycles. The molecule has 0 fully saturated rings. The van der Waals surface area contributed by atoms with Gasteiger partial charge in [0.2, 0.25) is 0 Å². The third kappa shape index (κ3) is 3.39. The number of nitrogens with zero attached hydrogens (tertiary/aromatic N) is 1. The molecular formula is C16H15ClFNO2. The molecule has 0 aliphatic rings. The molecule has 110 valence electrons. The summed E-state index contributed by atoms with van der Waals surface area (Å²) in [5, 5.41) is -0.768. The highest BCUT2D eigenvalue weighted by molar-refractivity contribution is 6.67. The Morgan fingerprint density at radius 1 is 1.19 bits per heavy atom. The van der Waals surface area contributed by atoms with Crippen LogP contribution in [0.4, 0.5) is 4.39 Å². The molecule has 0 aliphatic heterocycles. The largest absolute Gasteiger partial charge is 0.308 e. The molecule has 0 saturated carbocycles. The van der Waals surface area contributed by atoms with Crippen LogP contribution in [0.15, 0.2) is 41.2 Å². The fraction of sp³-hybridized carbons (Fsp3) is 0.250. The van der Waals surface area contributed by atoms with Crippen molar-refractivity contribution in [1.82, 2.24) is 4.57 Å². The van der Waals surface area contributed by atoms with Crippen LogP contribution in [0.3, 0.4) is 0 Å². The fourth-order valence-electron chi connectivity index (χ4n) is 2.14. The molecule has 5 heteroatoms. The van der Waals surface area contributed by atoms with Crippen molar-refractivity contribution in [3.63, 3.8) is 0 Å². The number of carbonyl (C=O) groups excluding carboxylic acids is 1.